The summed E-state index contributed by atoms with van der Waals surface area (Å²) in [5, 5.41) is 13.6. The second kappa shape index (κ2) is 7.83. The van der Waals surface area contributed by atoms with Crippen LogP contribution in [0.4, 0.5) is 0 Å². The molecule has 0 bridgehead atoms. The zero-order valence-corrected chi connectivity index (χ0v) is 15.1. The predicted octanol–water partition coefficient (Wildman–Crippen LogP) is 2.93. The van der Waals surface area contributed by atoms with Crippen LogP contribution in [0.15, 0.2) is 30.3 Å². The minimum Gasteiger partial charge on any atom is -0.396 e. The highest BCUT2D eigenvalue weighted by atomic mass is 16.3. The maximum atomic E-state index is 12.9. The molecule has 5 nitrogen and oxygen atoms in total. The zero-order valence-electron chi connectivity index (χ0n) is 15.1. The summed E-state index contributed by atoms with van der Waals surface area (Å²) in [5.74, 6) is 0.107. The lowest BCUT2D eigenvalue weighted by atomic mass is 10.1. The van der Waals surface area contributed by atoms with Gasteiger partial charge in [-0.15, -0.1) is 0 Å². The molecule has 1 aromatic heterocycles. The van der Waals surface area contributed by atoms with E-state index in [9.17, 15) is 4.79 Å². The normalized spacial score (nSPS) is 17.2. The molecule has 3 rings (SSSR count). The third-order valence-electron chi connectivity index (χ3n) is 4.94. The molecule has 2 aromatic rings. The molecule has 1 aliphatic rings. The lowest BCUT2D eigenvalue weighted by Crippen LogP contribution is -2.35. The number of aromatic nitrogens is 2. The van der Waals surface area contributed by atoms with Gasteiger partial charge in [0.1, 0.15) is 0 Å². The summed E-state index contributed by atoms with van der Waals surface area (Å²) < 4.78 is 1.97. The summed E-state index contributed by atoms with van der Waals surface area (Å²) in [7, 11) is 0. The molecule has 0 aliphatic carbocycles. The lowest BCUT2D eigenvalue weighted by Gasteiger charge is -2.25. The van der Waals surface area contributed by atoms with Crippen molar-refractivity contribution in [3.63, 3.8) is 0 Å². The molecule has 1 saturated heterocycles. The second-order valence-corrected chi connectivity index (χ2v) is 6.95. The molecule has 1 N–H and O–H groups in total. The first-order chi connectivity index (χ1) is 12.1. The van der Waals surface area contributed by atoms with Crippen LogP contribution in [0.3, 0.4) is 0 Å². The Labute approximate surface area is 149 Å². The number of benzene rings is 1. The number of carbonyl (C=O) groups excluding carboxylic acids is 1. The molecule has 1 fully saturated rings. The smallest absolute Gasteiger partial charge is 0.254 e. The first kappa shape index (κ1) is 17.7. The number of aliphatic hydroxyl groups excluding tert-OH is 1. The SMILES string of the molecule is Cc1cc(C)n(Cc2cccc(C(=O)N3CCCC3CCCO)c2)n1. The van der Waals surface area contributed by atoms with Gasteiger partial charge in [-0.1, -0.05) is 12.1 Å². The Morgan fingerprint density at radius 1 is 1.32 bits per heavy atom. The first-order valence-electron chi connectivity index (χ1n) is 9.10. The van der Waals surface area contributed by atoms with E-state index in [1.54, 1.807) is 0 Å². The van der Waals surface area contributed by atoms with Crippen LogP contribution in [0.1, 0.15) is 53.0 Å². The van der Waals surface area contributed by atoms with Crippen molar-refractivity contribution >= 4 is 5.91 Å². The van der Waals surface area contributed by atoms with Crippen LogP contribution < -0.4 is 0 Å². The molecule has 0 saturated carbocycles. The molecular weight excluding hydrogens is 314 g/mol. The Morgan fingerprint density at radius 3 is 2.88 bits per heavy atom. The average Bonchev–Trinajstić information content (AvgIpc) is 3.19. The summed E-state index contributed by atoms with van der Waals surface area (Å²) >= 11 is 0. The number of hydrogen-bond donors (Lipinski definition) is 1. The van der Waals surface area contributed by atoms with E-state index in [4.69, 9.17) is 5.11 Å². The number of hydrogen-bond acceptors (Lipinski definition) is 3. The summed E-state index contributed by atoms with van der Waals surface area (Å²) in [6.07, 6.45) is 3.73. The van der Waals surface area contributed by atoms with E-state index in [2.05, 4.69) is 11.2 Å². The van der Waals surface area contributed by atoms with Crippen molar-refractivity contribution in [2.45, 2.75) is 52.1 Å². The summed E-state index contributed by atoms with van der Waals surface area (Å²) in [5.41, 5.74) is 3.96. The quantitative estimate of drug-likeness (QED) is 0.879. The fraction of sp³-hybridized carbons (Fsp3) is 0.500. The standard InChI is InChI=1S/C20H27N3O2/c1-15-12-16(2)23(21-15)14-17-6-3-7-18(13-17)20(25)22-10-4-8-19(22)9-5-11-24/h3,6-7,12-13,19,24H,4-5,8-11,14H2,1-2H3. The Kier molecular flexibility index (Phi) is 5.53. The molecule has 0 radical (unpaired) electrons. The van der Waals surface area contributed by atoms with Crippen LogP contribution >= 0.6 is 0 Å². The number of likely N-dealkylation sites (tertiary alicyclic amines) is 1. The lowest BCUT2D eigenvalue weighted by molar-refractivity contribution is 0.0724. The fourth-order valence-electron chi connectivity index (χ4n) is 3.71. The van der Waals surface area contributed by atoms with Crippen molar-refractivity contribution in [2.24, 2.45) is 0 Å². The van der Waals surface area contributed by atoms with E-state index in [1.165, 1.54) is 0 Å². The summed E-state index contributed by atoms with van der Waals surface area (Å²) in [6, 6.07) is 10.2. The van der Waals surface area contributed by atoms with Crippen LogP contribution in [0.25, 0.3) is 0 Å². The predicted molar refractivity (Wildman–Crippen MR) is 97.6 cm³/mol. The van der Waals surface area contributed by atoms with Gasteiger partial charge in [0.15, 0.2) is 0 Å². The highest BCUT2D eigenvalue weighted by molar-refractivity contribution is 5.94. The minimum atomic E-state index is 0.107. The van der Waals surface area contributed by atoms with Gasteiger partial charge >= 0.3 is 0 Å². The Balaban J connectivity index is 1.74. The molecule has 2 heterocycles. The topological polar surface area (TPSA) is 58.4 Å². The highest BCUT2D eigenvalue weighted by Crippen LogP contribution is 2.24. The van der Waals surface area contributed by atoms with Gasteiger partial charge in [-0.2, -0.15) is 5.10 Å². The van der Waals surface area contributed by atoms with Crippen LogP contribution in [0.5, 0.6) is 0 Å². The van der Waals surface area contributed by atoms with E-state index in [0.717, 1.165) is 54.7 Å². The van der Waals surface area contributed by atoms with Crippen molar-refractivity contribution in [1.82, 2.24) is 14.7 Å². The molecule has 5 heteroatoms. The Hall–Kier alpha value is -2.14. The Morgan fingerprint density at radius 2 is 2.16 bits per heavy atom. The van der Waals surface area contributed by atoms with Crippen molar-refractivity contribution in [3.05, 3.63) is 52.8 Å². The van der Waals surface area contributed by atoms with Gasteiger partial charge in [-0.05, 0) is 63.3 Å². The Bertz CT molecular complexity index is 738. The van der Waals surface area contributed by atoms with Crippen molar-refractivity contribution in [2.75, 3.05) is 13.2 Å². The van der Waals surface area contributed by atoms with Gasteiger partial charge in [-0.3, -0.25) is 9.48 Å². The largest absolute Gasteiger partial charge is 0.396 e. The molecule has 134 valence electrons. The molecule has 1 unspecified atom stereocenters. The molecule has 1 aliphatic heterocycles. The van der Waals surface area contributed by atoms with Gasteiger partial charge in [-0.25, -0.2) is 0 Å². The monoisotopic (exact) mass is 341 g/mol. The molecule has 1 atom stereocenters. The maximum absolute atomic E-state index is 12.9. The van der Waals surface area contributed by atoms with Gasteiger partial charge in [0, 0.05) is 30.5 Å². The van der Waals surface area contributed by atoms with Crippen LogP contribution in [-0.2, 0) is 6.54 Å². The number of rotatable bonds is 6. The van der Waals surface area contributed by atoms with Crippen LogP contribution in [-0.4, -0.2) is 44.9 Å². The number of carbonyl (C=O) groups is 1. The van der Waals surface area contributed by atoms with Gasteiger partial charge in [0.05, 0.1) is 12.2 Å². The van der Waals surface area contributed by atoms with E-state index in [-0.39, 0.29) is 18.6 Å². The van der Waals surface area contributed by atoms with Crippen molar-refractivity contribution < 1.29 is 9.90 Å². The van der Waals surface area contributed by atoms with Gasteiger partial charge in [0.2, 0.25) is 0 Å². The zero-order chi connectivity index (χ0) is 17.8. The first-order valence-corrected chi connectivity index (χ1v) is 9.10. The minimum absolute atomic E-state index is 0.107. The third kappa shape index (κ3) is 4.10. The van der Waals surface area contributed by atoms with Gasteiger partial charge < -0.3 is 10.0 Å². The number of nitrogens with zero attached hydrogens (tertiary/aromatic N) is 3. The highest BCUT2D eigenvalue weighted by Gasteiger charge is 2.28. The van der Waals surface area contributed by atoms with Crippen molar-refractivity contribution in [1.29, 1.82) is 0 Å². The van der Waals surface area contributed by atoms with Crippen molar-refractivity contribution in [3.8, 4) is 0 Å². The van der Waals surface area contributed by atoms with E-state index < -0.39 is 0 Å². The molecule has 1 amide bonds. The summed E-state index contributed by atoms with van der Waals surface area (Å²) in [6.45, 7) is 5.72. The molecule has 25 heavy (non-hydrogen) atoms. The molecule has 0 spiro atoms. The molecule has 1 aromatic carbocycles. The number of amides is 1. The third-order valence-corrected chi connectivity index (χ3v) is 4.94. The van der Waals surface area contributed by atoms with Crippen LogP contribution in [0.2, 0.25) is 0 Å². The maximum Gasteiger partial charge on any atom is 0.254 e. The van der Waals surface area contributed by atoms with E-state index >= 15 is 0 Å². The number of aryl methyl sites for hydroxylation is 2. The van der Waals surface area contributed by atoms with E-state index in [1.807, 2.05) is 47.7 Å². The fourth-order valence-corrected chi connectivity index (χ4v) is 3.71. The molecular formula is C20H27N3O2. The van der Waals surface area contributed by atoms with Crippen LogP contribution in [0, 0.1) is 13.8 Å². The second-order valence-electron chi connectivity index (χ2n) is 6.95. The van der Waals surface area contributed by atoms with E-state index in [0.29, 0.717) is 6.54 Å². The average molecular weight is 341 g/mol. The van der Waals surface area contributed by atoms with Gasteiger partial charge in [0.25, 0.3) is 5.91 Å². The summed E-state index contributed by atoms with van der Waals surface area (Å²) in [4.78, 5) is 14.9. The number of aliphatic hydroxyl groups is 1.